The number of hydrogen-bond donors (Lipinski definition) is 2. The van der Waals surface area contributed by atoms with E-state index >= 15 is 0 Å². The molecule has 1 aromatic carbocycles. The summed E-state index contributed by atoms with van der Waals surface area (Å²) in [5.74, 6) is -1.46. The Morgan fingerprint density at radius 2 is 2.00 bits per heavy atom. The fourth-order valence-electron chi connectivity index (χ4n) is 1.79. The summed E-state index contributed by atoms with van der Waals surface area (Å²) in [4.78, 5) is 26.0. The summed E-state index contributed by atoms with van der Waals surface area (Å²) in [6.07, 6.45) is 1.70. The first kappa shape index (κ1) is 14.0. The molecule has 0 aliphatic carbocycles. The van der Waals surface area contributed by atoms with Gasteiger partial charge in [-0.15, -0.1) is 0 Å². The zero-order valence-corrected chi connectivity index (χ0v) is 10.7. The number of fused-ring (bicyclic) bond motifs is 1. The molecule has 0 aliphatic rings. The van der Waals surface area contributed by atoms with Crippen molar-refractivity contribution in [1.82, 2.24) is 10.3 Å². The number of ether oxygens (including phenoxy) is 1. The molecule has 0 fully saturated rings. The third-order valence-corrected chi connectivity index (χ3v) is 2.65. The molecule has 0 atom stereocenters. The molecule has 6 nitrogen and oxygen atoms in total. The fourth-order valence-corrected chi connectivity index (χ4v) is 1.79. The predicted molar refractivity (Wildman–Crippen MR) is 72.0 cm³/mol. The van der Waals surface area contributed by atoms with Crippen LogP contribution in [0.5, 0.6) is 0 Å². The first-order chi connectivity index (χ1) is 9.66. The van der Waals surface area contributed by atoms with Crippen molar-refractivity contribution in [3.05, 3.63) is 42.1 Å². The van der Waals surface area contributed by atoms with Gasteiger partial charge in [-0.05, 0) is 11.6 Å². The molecular formula is C14H14N2O4. The molecule has 0 saturated carbocycles. The molecule has 2 N–H and O–H groups in total. The fraction of sp³-hybridized carbons (Fsp3) is 0.214. The largest absolute Gasteiger partial charge is 0.480 e. The second-order valence-electron chi connectivity index (χ2n) is 4.16. The van der Waals surface area contributed by atoms with Crippen LogP contribution in [-0.4, -0.2) is 35.2 Å². The van der Waals surface area contributed by atoms with Crippen molar-refractivity contribution in [2.24, 2.45) is 0 Å². The quantitative estimate of drug-likeness (QED) is 0.818. The number of nitrogens with zero attached hydrogens (tertiary/aromatic N) is 1. The van der Waals surface area contributed by atoms with Gasteiger partial charge in [-0.25, -0.2) is 4.79 Å². The van der Waals surface area contributed by atoms with E-state index in [0.717, 1.165) is 16.5 Å². The van der Waals surface area contributed by atoms with Gasteiger partial charge in [-0.2, -0.15) is 0 Å². The number of nitrogens with one attached hydrogen (secondary N) is 1. The molecule has 1 aromatic heterocycles. The van der Waals surface area contributed by atoms with E-state index in [4.69, 9.17) is 9.84 Å². The first-order valence-electron chi connectivity index (χ1n) is 6.05. The Hall–Kier alpha value is -2.47. The van der Waals surface area contributed by atoms with E-state index in [1.54, 1.807) is 6.20 Å². The van der Waals surface area contributed by atoms with Crippen LogP contribution in [0.2, 0.25) is 0 Å². The number of carboxylic acid groups (broad SMARTS) is 1. The summed E-state index contributed by atoms with van der Waals surface area (Å²) in [5.41, 5.74) is 1.73. The van der Waals surface area contributed by atoms with Gasteiger partial charge in [0, 0.05) is 18.1 Å². The number of aromatic nitrogens is 1. The van der Waals surface area contributed by atoms with Crippen molar-refractivity contribution in [2.45, 2.75) is 6.54 Å². The maximum atomic E-state index is 11.5. The Morgan fingerprint density at radius 1 is 1.20 bits per heavy atom. The number of pyridine rings is 1. The Kier molecular flexibility index (Phi) is 4.62. The van der Waals surface area contributed by atoms with Crippen LogP contribution in [0.1, 0.15) is 5.56 Å². The Morgan fingerprint density at radius 3 is 2.80 bits per heavy atom. The molecule has 104 valence electrons. The van der Waals surface area contributed by atoms with Crippen LogP contribution in [0.15, 0.2) is 36.5 Å². The number of amides is 1. The second-order valence-corrected chi connectivity index (χ2v) is 4.16. The van der Waals surface area contributed by atoms with Crippen molar-refractivity contribution >= 4 is 22.8 Å². The smallest absolute Gasteiger partial charge is 0.329 e. The first-order valence-corrected chi connectivity index (χ1v) is 6.05. The summed E-state index contributed by atoms with van der Waals surface area (Å²) in [5, 5.41) is 12.1. The SMILES string of the molecule is O=C(O)COCC(=O)NCc1cccc2cccnc12. The van der Waals surface area contributed by atoms with Crippen molar-refractivity contribution in [2.75, 3.05) is 13.2 Å². The average molecular weight is 274 g/mol. The number of carbonyl (C=O) groups excluding carboxylic acids is 1. The van der Waals surface area contributed by atoms with Gasteiger partial charge in [0.15, 0.2) is 0 Å². The van der Waals surface area contributed by atoms with Crippen LogP contribution >= 0.6 is 0 Å². The minimum atomic E-state index is -1.10. The summed E-state index contributed by atoms with van der Waals surface area (Å²) in [6.45, 7) is -0.433. The lowest BCUT2D eigenvalue weighted by atomic mass is 10.1. The molecule has 1 amide bonds. The molecular weight excluding hydrogens is 260 g/mol. The number of carboxylic acids is 1. The highest BCUT2D eigenvalue weighted by Crippen LogP contribution is 2.15. The van der Waals surface area contributed by atoms with Crippen molar-refractivity contribution in [1.29, 1.82) is 0 Å². The molecule has 20 heavy (non-hydrogen) atoms. The molecule has 0 spiro atoms. The van der Waals surface area contributed by atoms with Crippen molar-refractivity contribution in [3.63, 3.8) is 0 Å². The molecule has 0 saturated heterocycles. The molecule has 0 radical (unpaired) electrons. The van der Waals surface area contributed by atoms with E-state index in [2.05, 4.69) is 10.3 Å². The summed E-state index contributed by atoms with van der Waals surface area (Å²) in [7, 11) is 0. The highest BCUT2D eigenvalue weighted by molar-refractivity contribution is 5.82. The van der Waals surface area contributed by atoms with Gasteiger partial charge in [0.25, 0.3) is 0 Å². The topological polar surface area (TPSA) is 88.5 Å². The van der Waals surface area contributed by atoms with Gasteiger partial charge in [-0.1, -0.05) is 24.3 Å². The Labute approximate surface area is 115 Å². The second kappa shape index (κ2) is 6.63. The van der Waals surface area contributed by atoms with Gasteiger partial charge in [-0.3, -0.25) is 9.78 Å². The van der Waals surface area contributed by atoms with Crippen LogP contribution in [0, 0.1) is 0 Å². The lowest BCUT2D eigenvalue weighted by Gasteiger charge is -2.07. The standard InChI is InChI=1S/C14H14N2O4/c17-12(8-20-9-13(18)19)16-7-11-4-1-3-10-5-2-6-15-14(10)11/h1-6H,7-9H2,(H,16,17)(H,18,19). The van der Waals surface area contributed by atoms with Gasteiger partial charge >= 0.3 is 5.97 Å². The highest BCUT2D eigenvalue weighted by atomic mass is 16.5. The van der Waals surface area contributed by atoms with Crippen molar-refractivity contribution < 1.29 is 19.4 Å². The van der Waals surface area contributed by atoms with Crippen LogP contribution in [0.4, 0.5) is 0 Å². The number of rotatable bonds is 6. The number of carbonyl (C=O) groups is 2. The molecule has 2 aromatic rings. The van der Waals surface area contributed by atoms with Gasteiger partial charge in [0.05, 0.1) is 5.52 Å². The minimum absolute atomic E-state index is 0.273. The van der Waals surface area contributed by atoms with E-state index in [0.29, 0.717) is 6.54 Å². The van der Waals surface area contributed by atoms with Gasteiger partial charge in [0.1, 0.15) is 13.2 Å². The molecule has 1 heterocycles. The van der Waals surface area contributed by atoms with Gasteiger partial charge in [0.2, 0.25) is 5.91 Å². The number of aliphatic carboxylic acids is 1. The van der Waals surface area contributed by atoms with Gasteiger partial charge < -0.3 is 15.2 Å². The summed E-state index contributed by atoms with van der Waals surface area (Å²) < 4.78 is 4.71. The molecule has 0 aliphatic heterocycles. The van der Waals surface area contributed by atoms with Crippen LogP contribution in [-0.2, 0) is 20.9 Å². The molecule has 0 bridgehead atoms. The van der Waals surface area contributed by atoms with Crippen LogP contribution in [0.25, 0.3) is 10.9 Å². The van der Waals surface area contributed by atoms with E-state index in [9.17, 15) is 9.59 Å². The monoisotopic (exact) mass is 274 g/mol. The third-order valence-electron chi connectivity index (χ3n) is 2.65. The summed E-state index contributed by atoms with van der Waals surface area (Å²) >= 11 is 0. The summed E-state index contributed by atoms with van der Waals surface area (Å²) in [6, 6.07) is 9.53. The van der Waals surface area contributed by atoms with E-state index in [-0.39, 0.29) is 12.5 Å². The van der Waals surface area contributed by atoms with Crippen LogP contribution in [0.3, 0.4) is 0 Å². The number of hydrogen-bond acceptors (Lipinski definition) is 4. The zero-order chi connectivity index (χ0) is 14.4. The predicted octanol–water partition coefficient (Wildman–Crippen LogP) is 0.952. The normalized spacial score (nSPS) is 10.4. The Bertz CT molecular complexity index is 622. The number of benzene rings is 1. The van der Waals surface area contributed by atoms with E-state index in [1.165, 1.54) is 0 Å². The molecule has 0 unspecified atom stereocenters. The highest BCUT2D eigenvalue weighted by Gasteiger charge is 2.06. The van der Waals surface area contributed by atoms with E-state index in [1.807, 2.05) is 30.3 Å². The van der Waals surface area contributed by atoms with Crippen molar-refractivity contribution in [3.8, 4) is 0 Å². The zero-order valence-electron chi connectivity index (χ0n) is 10.7. The Balaban J connectivity index is 1.92. The average Bonchev–Trinajstić information content (AvgIpc) is 2.44. The number of para-hydroxylation sites is 1. The van der Waals surface area contributed by atoms with E-state index < -0.39 is 12.6 Å². The minimum Gasteiger partial charge on any atom is -0.480 e. The maximum Gasteiger partial charge on any atom is 0.329 e. The maximum absolute atomic E-state index is 11.5. The third kappa shape index (κ3) is 3.76. The van der Waals surface area contributed by atoms with Crippen LogP contribution < -0.4 is 5.32 Å². The lowest BCUT2D eigenvalue weighted by molar-refractivity contribution is -0.143. The molecule has 2 rings (SSSR count). The molecule has 6 heteroatoms. The lowest BCUT2D eigenvalue weighted by Crippen LogP contribution is -2.28.